The molecule has 1 saturated carbocycles. The van der Waals surface area contributed by atoms with E-state index in [1.54, 1.807) is 0 Å². The van der Waals surface area contributed by atoms with Gasteiger partial charge in [-0.15, -0.1) is 0 Å². The SMILES string of the molecule is Cc1nc(NC2CCCC2)cc(C(=O)N2CCN(c3ccccc3)CC2)n1. The van der Waals surface area contributed by atoms with Crippen LogP contribution in [-0.2, 0) is 0 Å². The number of hydrogen-bond donors (Lipinski definition) is 1. The number of aromatic nitrogens is 2. The van der Waals surface area contributed by atoms with Crippen molar-refractivity contribution in [2.75, 3.05) is 36.4 Å². The van der Waals surface area contributed by atoms with Gasteiger partial charge >= 0.3 is 0 Å². The molecule has 2 heterocycles. The van der Waals surface area contributed by atoms with E-state index in [4.69, 9.17) is 0 Å². The number of nitrogens with one attached hydrogen (secondary N) is 1. The predicted molar refractivity (Wildman–Crippen MR) is 107 cm³/mol. The minimum Gasteiger partial charge on any atom is -0.368 e. The maximum Gasteiger partial charge on any atom is 0.272 e. The van der Waals surface area contributed by atoms with Gasteiger partial charge in [0.1, 0.15) is 17.3 Å². The zero-order valence-electron chi connectivity index (χ0n) is 15.9. The largest absolute Gasteiger partial charge is 0.368 e. The monoisotopic (exact) mass is 365 g/mol. The van der Waals surface area contributed by atoms with Crippen LogP contribution < -0.4 is 10.2 Å². The normalized spacial score (nSPS) is 18.0. The highest BCUT2D eigenvalue weighted by Crippen LogP contribution is 2.22. The van der Waals surface area contributed by atoms with Gasteiger partial charge in [0.2, 0.25) is 0 Å². The number of carbonyl (C=O) groups excluding carboxylic acids is 1. The number of hydrogen-bond acceptors (Lipinski definition) is 5. The Hall–Kier alpha value is -2.63. The number of piperazine rings is 1. The van der Waals surface area contributed by atoms with E-state index < -0.39 is 0 Å². The van der Waals surface area contributed by atoms with Crippen LogP contribution in [0.25, 0.3) is 0 Å². The molecule has 1 aromatic carbocycles. The molecule has 6 nitrogen and oxygen atoms in total. The molecule has 1 amide bonds. The zero-order chi connectivity index (χ0) is 18.6. The van der Waals surface area contributed by atoms with Gasteiger partial charge in [-0.25, -0.2) is 9.97 Å². The highest BCUT2D eigenvalue weighted by molar-refractivity contribution is 5.93. The van der Waals surface area contributed by atoms with E-state index in [9.17, 15) is 4.79 Å². The van der Waals surface area contributed by atoms with Gasteiger partial charge in [-0.2, -0.15) is 0 Å². The molecule has 2 aromatic rings. The summed E-state index contributed by atoms with van der Waals surface area (Å²) in [5.41, 5.74) is 1.71. The predicted octanol–water partition coefficient (Wildman–Crippen LogP) is 3.10. The van der Waals surface area contributed by atoms with Crippen molar-refractivity contribution >= 4 is 17.4 Å². The number of para-hydroxylation sites is 1. The van der Waals surface area contributed by atoms with Gasteiger partial charge in [0, 0.05) is 44.0 Å². The van der Waals surface area contributed by atoms with Crippen LogP contribution in [0.4, 0.5) is 11.5 Å². The topological polar surface area (TPSA) is 61.4 Å². The molecule has 0 radical (unpaired) electrons. The second-order valence-electron chi connectivity index (χ2n) is 7.43. The molecule has 1 aromatic heterocycles. The maximum absolute atomic E-state index is 13.0. The molecule has 0 unspecified atom stereocenters. The first-order chi connectivity index (χ1) is 13.2. The van der Waals surface area contributed by atoms with E-state index in [1.165, 1.54) is 31.4 Å². The van der Waals surface area contributed by atoms with Crippen molar-refractivity contribution in [1.82, 2.24) is 14.9 Å². The molecule has 1 N–H and O–H groups in total. The molecule has 2 aliphatic rings. The van der Waals surface area contributed by atoms with Crippen LogP contribution in [0.2, 0.25) is 0 Å². The van der Waals surface area contributed by atoms with Gasteiger partial charge in [-0.3, -0.25) is 4.79 Å². The van der Waals surface area contributed by atoms with E-state index in [0.29, 0.717) is 30.6 Å². The first kappa shape index (κ1) is 17.8. The summed E-state index contributed by atoms with van der Waals surface area (Å²) in [7, 11) is 0. The molecule has 142 valence electrons. The van der Waals surface area contributed by atoms with Crippen molar-refractivity contribution < 1.29 is 4.79 Å². The third-order valence-electron chi connectivity index (χ3n) is 5.45. The lowest BCUT2D eigenvalue weighted by molar-refractivity contribution is 0.0740. The molecule has 0 spiro atoms. The van der Waals surface area contributed by atoms with Crippen LogP contribution >= 0.6 is 0 Å². The van der Waals surface area contributed by atoms with Gasteiger partial charge in [0.25, 0.3) is 5.91 Å². The number of anilines is 2. The third kappa shape index (κ3) is 4.21. The Morgan fingerprint density at radius 1 is 1.04 bits per heavy atom. The number of nitrogens with zero attached hydrogens (tertiary/aromatic N) is 4. The van der Waals surface area contributed by atoms with Crippen LogP contribution in [0.5, 0.6) is 0 Å². The molecule has 27 heavy (non-hydrogen) atoms. The minimum atomic E-state index is 0.00248. The van der Waals surface area contributed by atoms with E-state index >= 15 is 0 Å². The van der Waals surface area contributed by atoms with Gasteiger partial charge in [-0.1, -0.05) is 31.0 Å². The standard InChI is InChI=1S/C21H27N5O/c1-16-22-19(15-20(23-16)24-17-7-5-6-8-17)21(27)26-13-11-25(12-14-26)18-9-3-2-4-10-18/h2-4,9-10,15,17H,5-8,11-14H2,1H3,(H,22,23,24). The van der Waals surface area contributed by atoms with Crippen molar-refractivity contribution in [3.05, 3.63) is 47.9 Å². The van der Waals surface area contributed by atoms with Gasteiger partial charge in [0.15, 0.2) is 0 Å². The second kappa shape index (κ2) is 7.94. The average molecular weight is 365 g/mol. The lowest BCUT2D eigenvalue weighted by Gasteiger charge is -2.36. The van der Waals surface area contributed by atoms with Crippen molar-refractivity contribution in [2.24, 2.45) is 0 Å². The lowest BCUT2D eigenvalue weighted by Crippen LogP contribution is -2.49. The van der Waals surface area contributed by atoms with E-state index in [1.807, 2.05) is 24.0 Å². The highest BCUT2D eigenvalue weighted by atomic mass is 16.2. The highest BCUT2D eigenvalue weighted by Gasteiger charge is 2.24. The number of amides is 1. The molecule has 0 atom stereocenters. The number of aryl methyl sites for hydroxylation is 1. The first-order valence-electron chi connectivity index (χ1n) is 9.90. The van der Waals surface area contributed by atoms with Crippen molar-refractivity contribution in [3.63, 3.8) is 0 Å². The van der Waals surface area contributed by atoms with Gasteiger partial charge < -0.3 is 15.1 Å². The smallest absolute Gasteiger partial charge is 0.272 e. The summed E-state index contributed by atoms with van der Waals surface area (Å²) >= 11 is 0. The number of carbonyl (C=O) groups is 1. The molecule has 0 bridgehead atoms. The molecule has 1 aliphatic heterocycles. The molecular weight excluding hydrogens is 338 g/mol. The van der Waals surface area contributed by atoms with Crippen LogP contribution in [0.3, 0.4) is 0 Å². The summed E-state index contributed by atoms with van der Waals surface area (Å²) in [6.45, 7) is 4.95. The Labute approximate surface area is 160 Å². The Morgan fingerprint density at radius 3 is 2.44 bits per heavy atom. The van der Waals surface area contributed by atoms with E-state index in [0.717, 1.165) is 18.9 Å². The van der Waals surface area contributed by atoms with Gasteiger partial charge in [0.05, 0.1) is 0 Å². The van der Waals surface area contributed by atoms with E-state index in [-0.39, 0.29) is 5.91 Å². The average Bonchev–Trinajstić information content (AvgIpc) is 3.21. The molecule has 6 heteroatoms. The Bertz CT molecular complexity index is 780. The van der Waals surface area contributed by atoms with Crippen LogP contribution in [-0.4, -0.2) is 53.0 Å². The number of rotatable bonds is 4. The van der Waals surface area contributed by atoms with Crippen molar-refractivity contribution in [2.45, 2.75) is 38.6 Å². The zero-order valence-corrected chi connectivity index (χ0v) is 15.9. The fourth-order valence-electron chi connectivity index (χ4n) is 4.00. The summed E-state index contributed by atoms with van der Waals surface area (Å²) in [5.74, 6) is 1.42. The number of benzene rings is 1. The van der Waals surface area contributed by atoms with Crippen LogP contribution in [0, 0.1) is 6.92 Å². The van der Waals surface area contributed by atoms with Crippen LogP contribution in [0.15, 0.2) is 36.4 Å². The summed E-state index contributed by atoms with van der Waals surface area (Å²) in [4.78, 5) is 26.1. The first-order valence-corrected chi connectivity index (χ1v) is 9.90. The Morgan fingerprint density at radius 2 is 1.74 bits per heavy atom. The second-order valence-corrected chi connectivity index (χ2v) is 7.43. The molecule has 1 saturated heterocycles. The fraction of sp³-hybridized carbons (Fsp3) is 0.476. The summed E-state index contributed by atoms with van der Waals surface area (Å²) in [6, 6.07) is 12.6. The summed E-state index contributed by atoms with van der Waals surface area (Å²) < 4.78 is 0. The molecular formula is C21H27N5O. The Balaban J connectivity index is 1.41. The molecule has 2 fully saturated rings. The molecule has 4 rings (SSSR count). The van der Waals surface area contributed by atoms with Crippen LogP contribution in [0.1, 0.15) is 42.0 Å². The van der Waals surface area contributed by atoms with Gasteiger partial charge in [-0.05, 0) is 31.9 Å². The molecule has 1 aliphatic carbocycles. The van der Waals surface area contributed by atoms with Crippen molar-refractivity contribution in [3.8, 4) is 0 Å². The summed E-state index contributed by atoms with van der Waals surface area (Å²) in [6.07, 6.45) is 4.87. The van der Waals surface area contributed by atoms with Crippen molar-refractivity contribution in [1.29, 1.82) is 0 Å². The summed E-state index contributed by atoms with van der Waals surface area (Å²) in [5, 5.41) is 3.48. The quantitative estimate of drug-likeness (QED) is 0.902. The third-order valence-corrected chi connectivity index (χ3v) is 5.45. The minimum absolute atomic E-state index is 0.00248. The lowest BCUT2D eigenvalue weighted by atomic mass is 10.2. The fourth-order valence-corrected chi connectivity index (χ4v) is 4.00. The maximum atomic E-state index is 13.0. The Kier molecular flexibility index (Phi) is 5.23. The van der Waals surface area contributed by atoms with E-state index in [2.05, 4.69) is 44.5 Å².